The van der Waals surface area contributed by atoms with Gasteiger partial charge in [0.25, 0.3) is 0 Å². The van der Waals surface area contributed by atoms with E-state index < -0.39 is 5.97 Å². The Morgan fingerprint density at radius 1 is 1.35 bits per heavy atom. The first-order chi connectivity index (χ1) is 9.54. The molecule has 110 valence electrons. The molecule has 0 radical (unpaired) electrons. The van der Waals surface area contributed by atoms with Gasteiger partial charge in [-0.15, -0.1) is 0 Å². The number of hydrogen-bond acceptors (Lipinski definition) is 5. The predicted molar refractivity (Wildman–Crippen MR) is 74.8 cm³/mol. The highest BCUT2D eigenvalue weighted by Crippen LogP contribution is 2.26. The minimum Gasteiger partial charge on any atom is -0.476 e. The molecule has 2 rings (SSSR count). The van der Waals surface area contributed by atoms with E-state index in [9.17, 15) is 4.79 Å². The van der Waals surface area contributed by atoms with Crippen LogP contribution >= 0.6 is 0 Å². The normalized spacial score (nSPS) is 26.2. The van der Waals surface area contributed by atoms with E-state index in [-0.39, 0.29) is 5.69 Å². The third-order valence-electron chi connectivity index (χ3n) is 3.52. The van der Waals surface area contributed by atoms with Crippen LogP contribution in [0.4, 0.5) is 5.82 Å². The zero-order valence-corrected chi connectivity index (χ0v) is 11.9. The average molecular weight is 279 g/mol. The van der Waals surface area contributed by atoms with Crippen LogP contribution in [0.25, 0.3) is 0 Å². The van der Waals surface area contributed by atoms with E-state index in [4.69, 9.17) is 9.84 Å². The fourth-order valence-electron chi connectivity index (χ4n) is 2.71. The Hall–Kier alpha value is -1.69. The first-order valence-corrected chi connectivity index (χ1v) is 6.99. The van der Waals surface area contributed by atoms with Gasteiger partial charge in [0.2, 0.25) is 0 Å². The number of anilines is 1. The van der Waals surface area contributed by atoms with Gasteiger partial charge < -0.3 is 15.2 Å². The van der Waals surface area contributed by atoms with E-state index in [1.807, 2.05) is 0 Å². The first kappa shape index (κ1) is 14.7. The molecule has 0 spiro atoms. The SMILES string of the molecule is CC1CC(CCNc2cnc(C(=O)O)cn2)CC(C)O1. The Morgan fingerprint density at radius 2 is 2.05 bits per heavy atom. The highest BCUT2D eigenvalue weighted by atomic mass is 16.5. The molecule has 0 saturated carbocycles. The predicted octanol–water partition coefficient (Wildman–Crippen LogP) is 2.18. The second-order valence-electron chi connectivity index (χ2n) is 5.40. The summed E-state index contributed by atoms with van der Waals surface area (Å²) >= 11 is 0. The number of carbonyl (C=O) groups is 1. The van der Waals surface area contributed by atoms with Gasteiger partial charge in [-0.1, -0.05) is 0 Å². The minimum atomic E-state index is -1.06. The van der Waals surface area contributed by atoms with Gasteiger partial charge in [-0.2, -0.15) is 0 Å². The van der Waals surface area contributed by atoms with Crippen molar-refractivity contribution in [2.45, 2.75) is 45.3 Å². The van der Waals surface area contributed by atoms with Crippen LogP contribution in [0.1, 0.15) is 43.6 Å². The summed E-state index contributed by atoms with van der Waals surface area (Å²) in [5, 5.41) is 11.9. The standard InChI is InChI=1S/C14H21N3O3/c1-9-5-11(6-10(2)20-9)3-4-15-13-8-16-12(7-17-13)14(18)19/h7-11H,3-6H2,1-2H3,(H,15,17)(H,18,19). The van der Waals surface area contributed by atoms with Crippen molar-refractivity contribution in [3.63, 3.8) is 0 Å². The van der Waals surface area contributed by atoms with Gasteiger partial charge in [0.05, 0.1) is 24.6 Å². The van der Waals surface area contributed by atoms with E-state index in [0.29, 0.717) is 23.9 Å². The van der Waals surface area contributed by atoms with E-state index in [1.165, 1.54) is 12.4 Å². The molecule has 1 aliphatic rings. The first-order valence-electron chi connectivity index (χ1n) is 6.99. The van der Waals surface area contributed by atoms with Crippen LogP contribution in [0.5, 0.6) is 0 Å². The highest BCUT2D eigenvalue weighted by Gasteiger charge is 2.23. The monoisotopic (exact) mass is 279 g/mol. The lowest BCUT2D eigenvalue weighted by atomic mass is 9.90. The lowest BCUT2D eigenvalue weighted by Gasteiger charge is -2.32. The number of aromatic carboxylic acids is 1. The molecule has 0 bridgehead atoms. The number of hydrogen-bond donors (Lipinski definition) is 2. The number of carboxylic acid groups (broad SMARTS) is 1. The van der Waals surface area contributed by atoms with Crippen LogP contribution in [0, 0.1) is 5.92 Å². The zero-order valence-electron chi connectivity index (χ0n) is 11.9. The lowest BCUT2D eigenvalue weighted by molar-refractivity contribution is -0.0527. The summed E-state index contributed by atoms with van der Waals surface area (Å²) in [4.78, 5) is 18.5. The molecule has 1 saturated heterocycles. The number of nitrogens with one attached hydrogen (secondary N) is 1. The number of ether oxygens (including phenoxy) is 1. The zero-order chi connectivity index (χ0) is 14.5. The van der Waals surface area contributed by atoms with Crippen molar-refractivity contribution in [2.24, 2.45) is 5.92 Å². The molecule has 1 fully saturated rings. The molecule has 0 aromatic carbocycles. The fraction of sp³-hybridized carbons (Fsp3) is 0.643. The fourth-order valence-corrected chi connectivity index (χ4v) is 2.71. The summed E-state index contributed by atoms with van der Waals surface area (Å²) in [5.74, 6) is 0.213. The van der Waals surface area contributed by atoms with Crippen molar-refractivity contribution < 1.29 is 14.6 Å². The summed E-state index contributed by atoms with van der Waals surface area (Å²) in [6.07, 6.45) is 6.63. The molecule has 1 aromatic rings. The molecule has 1 aliphatic heterocycles. The quantitative estimate of drug-likeness (QED) is 0.859. The topological polar surface area (TPSA) is 84.3 Å². The van der Waals surface area contributed by atoms with E-state index in [2.05, 4.69) is 29.1 Å². The third-order valence-corrected chi connectivity index (χ3v) is 3.52. The molecule has 2 heterocycles. The smallest absolute Gasteiger partial charge is 0.356 e. The van der Waals surface area contributed by atoms with Crippen LogP contribution in [0.2, 0.25) is 0 Å². The Bertz CT molecular complexity index is 439. The molecule has 2 atom stereocenters. The molecule has 6 nitrogen and oxygen atoms in total. The Kier molecular flexibility index (Phi) is 4.89. The van der Waals surface area contributed by atoms with E-state index >= 15 is 0 Å². The van der Waals surface area contributed by atoms with E-state index in [1.54, 1.807) is 0 Å². The van der Waals surface area contributed by atoms with Gasteiger partial charge in [-0.3, -0.25) is 0 Å². The minimum absolute atomic E-state index is 0.0392. The molecular weight excluding hydrogens is 258 g/mol. The molecule has 20 heavy (non-hydrogen) atoms. The molecule has 6 heteroatoms. The largest absolute Gasteiger partial charge is 0.476 e. The molecule has 2 N–H and O–H groups in total. The van der Waals surface area contributed by atoms with Gasteiger partial charge in [-0.05, 0) is 39.0 Å². The summed E-state index contributed by atoms with van der Waals surface area (Å²) in [6.45, 7) is 5.05. The van der Waals surface area contributed by atoms with Crippen molar-refractivity contribution in [1.29, 1.82) is 0 Å². The molecular formula is C14H21N3O3. The average Bonchev–Trinajstić information content (AvgIpc) is 2.38. The highest BCUT2D eigenvalue weighted by molar-refractivity contribution is 5.84. The van der Waals surface area contributed by atoms with E-state index in [0.717, 1.165) is 25.8 Å². The summed E-state index contributed by atoms with van der Waals surface area (Å²) in [6, 6.07) is 0. The summed E-state index contributed by atoms with van der Waals surface area (Å²) in [7, 11) is 0. The number of rotatable bonds is 5. The Morgan fingerprint density at radius 3 is 2.60 bits per heavy atom. The van der Waals surface area contributed by atoms with Gasteiger partial charge in [-0.25, -0.2) is 14.8 Å². The van der Waals surface area contributed by atoms with Crippen LogP contribution in [-0.4, -0.2) is 39.8 Å². The maximum absolute atomic E-state index is 10.7. The van der Waals surface area contributed by atoms with Crippen molar-refractivity contribution in [1.82, 2.24) is 9.97 Å². The van der Waals surface area contributed by atoms with Crippen LogP contribution in [0.3, 0.4) is 0 Å². The van der Waals surface area contributed by atoms with Crippen molar-refractivity contribution in [2.75, 3.05) is 11.9 Å². The second-order valence-corrected chi connectivity index (χ2v) is 5.40. The second kappa shape index (κ2) is 6.65. The molecule has 1 aromatic heterocycles. The number of carboxylic acids is 1. The number of nitrogens with zero attached hydrogens (tertiary/aromatic N) is 2. The van der Waals surface area contributed by atoms with Crippen LogP contribution in [-0.2, 0) is 4.74 Å². The van der Waals surface area contributed by atoms with Crippen LogP contribution < -0.4 is 5.32 Å². The van der Waals surface area contributed by atoms with Crippen molar-refractivity contribution in [3.05, 3.63) is 18.1 Å². The number of aromatic nitrogens is 2. The Labute approximate surface area is 118 Å². The van der Waals surface area contributed by atoms with Crippen molar-refractivity contribution in [3.8, 4) is 0 Å². The summed E-state index contributed by atoms with van der Waals surface area (Å²) in [5.41, 5.74) is -0.0392. The molecule has 2 unspecified atom stereocenters. The van der Waals surface area contributed by atoms with Crippen molar-refractivity contribution >= 4 is 11.8 Å². The van der Waals surface area contributed by atoms with Gasteiger partial charge in [0.1, 0.15) is 5.82 Å². The lowest BCUT2D eigenvalue weighted by Crippen LogP contribution is -2.30. The third kappa shape index (κ3) is 4.16. The van der Waals surface area contributed by atoms with Gasteiger partial charge in [0.15, 0.2) is 5.69 Å². The van der Waals surface area contributed by atoms with Gasteiger partial charge >= 0.3 is 5.97 Å². The maximum atomic E-state index is 10.7. The molecule has 0 aliphatic carbocycles. The van der Waals surface area contributed by atoms with Crippen LogP contribution in [0.15, 0.2) is 12.4 Å². The summed E-state index contributed by atoms with van der Waals surface area (Å²) < 4.78 is 5.72. The molecule has 0 amide bonds. The van der Waals surface area contributed by atoms with Gasteiger partial charge in [0, 0.05) is 6.54 Å². The maximum Gasteiger partial charge on any atom is 0.356 e. The Balaban J connectivity index is 1.76.